The smallest absolute Gasteiger partial charge is 0.273 e. The van der Waals surface area contributed by atoms with E-state index in [2.05, 4.69) is 11.9 Å². The maximum Gasteiger partial charge on any atom is 0.273 e. The lowest BCUT2D eigenvalue weighted by atomic mass is 9.77. The Bertz CT molecular complexity index is 717. The van der Waals surface area contributed by atoms with Crippen molar-refractivity contribution in [2.24, 2.45) is 5.41 Å². The SMILES string of the molecule is CCC1(CO)CCN(C(=O)c2csc(-c3ccccc3F)n2)CC1. The van der Waals surface area contributed by atoms with Crippen molar-refractivity contribution in [3.8, 4) is 10.6 Å². The number of amides is 1. The number of thiazole rings is 1. The number of likely N-dealkylation sites (tertiary alicyclic amines) is 1. The van der Waals surface area contributed by atoms with Crippen molar-refractivity contribution < 1.29 is 14.3 Å². The first-order valence-corrected chi connectivity index (χ1v) is 9.07. The van der Waals surface area contributed by atoms with E-state index < -0.39 is 0 Å². The number of carbonyl (C=O) groups is 1. The molecule has 1 aromatic carbocycles. The number of benzene rings is 1. The molecule has 6 heteroatoms. The van der Waals surface area contributed by atoms with E-state index in [1.54, 1.807) is 28.5 Å². The summed E-state index contributed by atoms with van der Waals surface area (Å²) in [5, 5.41) is 11.8. The largest absolute Gasteiger partial charge is 0.396 e. The average molecular weight is 348 g/mol. The van der Waals surface area contributed by atoms with Crippen molar-refractivity contribution in [2.75, 3.05) is 19.7 Å². The van der Waals surface area contributed by atoms with Crippen LogP contribution in [-0.4, -0.2) is 40.6 Å². The number of aliphatic hydroxyl groups excluding tert-OH is 1. The lowest BCUT2D eigenvalue weighted by Gasteiger charge is -2.40. The first-order chi connectivity index (χ1) is 11.6. The Balaban J connectivity index is 1.72. The third kappa shape index (κ3) is 3.21. The fourth-order valence-electron chi connectivity index (χ4n) is 3.10. The maximum absolute atomic E-state index is 13.9. The van der Waals surface area contributed by atoms with Gasteiger partial charge in [0.05, 0.1) is 0 Å². The summed E-state index contributed by atoms with van der Waals surface area (Å²) in [7, 11) is 0. The molecule has 2 aromatic rings. The molecule has 1 N–H and O–H groups in total. The summed E-state index contributed by atoms with van der Waals surface area (Å²) >= 11 is 1.28. The van der Waals surface area contributed by atoms with E-state index in [0.717, 1.165) is 19.3 Å². The van der Waals surface area contributed by atoms with Gasteiger partial charge in [0.2, 0.25) is 0 Å². The molecule has 128 valence electrons. The molecular weight excluding hydrogens is 327 g/mol. The van der Waals surface area contributed by atoms with Gasteiger partial charge in [0, 0.05) is 30.6 Å². The van der Waals surface area contributed by atoms with Crippen LogP contribution in [0.15, 0.2) is 29.6 Å². The molecule has 0 aliphatic carbocycles. The second-order valence-corrected chi connectivity index (χ2v) is 7.18. The van der Waals surface area contributed by atoms with Crippen LogP contribution in [0, 0.1) is 11.2 Å². The Hall–Kier alpha value is -1.79. The van der Waals surface area contributed by atoms with E-state index in [1.807, 2.05) is 0 Å². The Morgan fingerprint density at radius 2 is 2.08 bits per heavy atom. The van der Waals surface area contributed by atoms with Crippen LogP contribution in [0.2, 0.25) is 0 Å². The molecule has 0 saturated carbocycles. The van der Waals surface area contributed by atoms with Gasteiger partial charge < -0.3 is 10.0 Å². The Morgan fingerprint density at radius 1 is 1.38 bits per heavy atom. The highest BCUT2D eigenvalue weighted by molar-refractivity contribution is 7.13. The molecule has 3 rings (SSSR count). The van der Waals surface area contributed by atoms with E-state index in [1.165, 1.54) is 17.4 Å². The number of halogens is 1. The molecule has 4 nitrogen and oxygen atoms in total. The number of hydrogen-bond acceptors (Lipinski definition) is 4. The number of nitrogens with zero attached hydrogens (tertiary/aromatic N) is 2. The van der Waals surface area contributed by atoms with Gasteiger partial charge in [-0.2, -0.15) is 0 Å². The summed E-state index contributed by atoms with van der Waals surface area (Å²) in [6, 6.07) is 6.45. The zero-order chi connectivity index (χ0) is 17.2. The highest BCUT2D eigenvalue weighted by Gasteiger charge is 2.34. The number of piperidine rings is 1. The van der Waals surface area contributed by atoms with Gasteiger partial charge in [-0.15, -0.1) is 11.3 Å². The third-order valence-corrected chi connectivity index (χ3v) is 5.90. The molecule has 1 amide bonds. The molecule has 1 saturated heterocycles. The summed E-state index contributed by atoms with van der Waals surface area (Å²) in [5.41, 5.74) is 0.730. The fourth-order valence-corrected chi connectivity index (χ4v) is 3.92. The van der Waals surface area contributed by atoms with Crippen LogP contribution in [-0.2, 0) is 0 Å². The Labute approximate surface area is 145 Å². The van der Waals surface area contributed by atoms with E-state index in [9.17, 15) is 14.3 Å². The van der Waals surface area contributed by atoms with Crippen LogP contribution >= 0.6 is 11.3 Å². The van der Waals surface area contributed by atoms with Crippen molar-refractivity contribution in [1.82, 2.24) is 9.88 Å². The highest BCUT2D eigenvalue weighted by atomic mass is 32.1. The van der Waals surface area contributed by atoms with Crippen LogP contribution in [0.5, 0.6) is 0 Å². The molecule has 1 fully saturated rings. The first-order valence-electron chi connectivity index (χ1n) is 8.19. The molecule has 2 heterocycles. The van der Waals surface area contributed by atoms with Gasteiger partial charge in [0.1, 0.15) is 16.5 Å². The minimum absolute atomic E-state index is 0.0584. The lowest BCUT2D eigenvalue weighted by molar-refractivity contribution is 0.0335. The van der Waals surface area contributed by atoms with Gasteiger partial charge in [-0.1, -0.05) is 19.1 Å². The second-order valence-electron chi connectivity index (χ2n) is 6.32. The average Bonchev–Trinajstić information content (AvgIpc) is 3.11. The fraction of sp³-hybridized carbons (Fsp3) is 0.444. The van der Waals surface area contributed by atoms with Crippen molar-refractivity contribution in [3.63, 3.8) is 0 Å². The Morgan fingerprint density at radius 3 is 2.71 bits per heavy atom. The Kier molecular flexibility index (Phi) is 4.96. The minimum atomic E-state index is -0.334. The topological polar surface area (TPSA) is 53.4 Å². The van der Waals surface area contributed by atoms with Gasteiger partial charge in [-0.3, -0.25) is 4.79 Å². The molecule has 0 bridgehead atoms. The molecule has 0 spiro atoms. The third-order valence-electron chi connectivity index (χ3n) is 5.02. The molecule has 0 unspecified atom stereocenters. The molecule has 24 heavy (non-hydrogen) atoms. The van der Waals surface area contributed by atoms with Crippen molar-refractivity contribution in [1.29, 1.82) is 0 Å². The van der Waals surface area contributed by atoms with Crippen LogP contribution in [0.1, 0.15) is 36.7 Å². The summed E-state index contributed by atoms with van der Waals surface area (Å²) < 4.78 is 13.9. The summed E-state index contributed by atoms with van der Waals surface area (Å²) in [5.74, 6) is -0.448. The number of rotatable bonds is 4. The standard InChI is InChI=1S/C18H21FN2O2S/c1-2-18(12-22)7-9-21(10-8-18)17(23)15-11-24-16(20-15)13-5-3-4-6-14(13)19/h3-6,11,22H,2,7-10,12H2,1H3. The van der Waals surface area contributed by atoms with Crippen molar-refractivity contribution in [3.05, 3.63) is 41.2 Å². The number of aliphatic hydroxyl groups is 1. The van der Waals surface area contributed by atoms with E-state index in [-0.39, 0.29) is 23.7 Å². The lowest BCUT2D eigenvalue weighted by Crippen LogP contribution is -2.44. The predicted octanol–water partition coefficient (Wildman–Crippen LogP) is 3.57. The van der Waals surface area contributed by atoms with Gasteiger partial charge >= 0.3 is 0 Å². The maximum atomic E-state index is 13.9. The van der Waals surface area contributed by atoms with Crippen molar-refractivity contribution >= 4 is 17.2 Å². The van der Waals surface area contributed by atoms with E-state index in [0.29, 0.717) is 29.4 Å². The zero-order valence-corrected chi connectivity index (χ0v) is 14.5. The van der Waals surface area contributed by atoms with Gasteiger partial charge in [-0.25, -0.2) is 9.37 Å². The van der Waals surface area contributed by atoms with Crippen LogP contribution in [0.3, 0.4) is 0 Å². The van der Waals surface area contributed by atoms with E-state index >= 15 is 0 Å². The molecule has 1 aliphatic rings. The van der Waals surface area contributed by atoms with Crippen LogP contribution in [0.4, 0.5) is 4.39 Å². The van der Waals surface area contributed by atoms with Gasteiger partial charge in [0.15, 0.2) is 0 Å². The number of hydrogen-bond donors (Lipinski definition) is 1. The first kappa shape index (κ1) is 17.0. The predicted molar refractivity (Wildman–Crippen MR) is 92.5 cm³/mol. The molecule has 1 aliphatic heterocycles. The highest BCUT2D eigenvalue weighted by Crippen LogP contribution is 2.35. The number of aromatic nitrogens is 1. The minimum Gasteiger partial charge on any atom is -0.396 e. The summed E-state index contributed by atoms with van der Waals surface area (Å²) in [6.07, 6.45) is 2.52. The number of carbonyl (C=O) groups excluding carboxylic acids is 1. The summed E-state index contributed by atoms with van der Waals surface area (Å²) in [4.78, 5) is 18.7. The summed E-state index contributed by atoms with van der Waals surface area (Å²) in [6.45, 7) is 3.49. The van der Waals surface area contributed by atoms with Crippen LogP contribution in [0.25, 0.3) is 10.6 Å². The van der Waals surface area contributed by atoms with E-state index in [4.69, 9.17) is 0 Å². The monoisotopic (exact) mass is 348 g/mol. The normalized spacial score (nSPS) is 17.0. The molecular formula is C18H21FN2O2S. The van der Waals surface area contributed by atoms with Gasteiger partial charge in [-0.05, 0) is 36.8 Å². The molecule has 0 radical (unpaired) electrons. The van der Waals surface area contributed by atoms with Crippen LogP contribution < -0.4 is 0 Å². The quantitative estimate of drug-likeness (QED) is 0.919. The molecule has 0 atom stereocenters. The second kappa shape index (κ2) is 6.99. The van der Waals surface area contributed by atoms with Crippen molar-refractivity contribution in [2.45, 2.75) is 26.2 Å². The molecule has 1 aromatic heterocycles. The van der Waals surface area contributed by atoms with Gasteiger partial charge in [0.25, 0.3) is 5.91 Å². The zero-order valence-electron chi connectivity index (χ0n) is 13.7.